The molecule has 224 valence electrons. The zero-order valence-electron chi connectivity index (χ0n) is 26.1. The van der Waals surface area contributed by atoms with E-state index in [0.29, 0.717) is 11.3 Å². The monoisotopic (exact) mass is 627 g/mol. The molecule has 8 aromatic rings. The molecule has 1 aromatic heterocycles. The molecule has 0 fully saturated rings. The molecule has 48 heavy (non-hydrogen) atoms. The normalized spacial score (nSPS) is 11.3. The third-order valence-electron chi connectivity index (χ3n) is 9.37. The molecular formula is C44H29N3Si. The highest BCUT2D eigenvalue weighted by atomic mass is 28.3. The van der Waals surface area contributed by atoms with Crippen LogP contribution in [0.3, 0.4) is 0 Å². The molecule has 0 amide bonds. The largest absolute Gasteiger partial charge is 0.310 e. The summed E-state index contributed by atoms with van der Waals surface area (Å²) in [5.41, 5.74) is 5.83. The van der Waals surface area contributed by atoms with Crippen LogP contribution < -0.4 is 20.7 Å². The zero-order valence-corrected chi connectivity index (χ0v) is 27.1. The van der Waals surface area contributed by atoms with Crippen molar-refractivity contribution in [3.8, 4) is 22.9 Å². The number of nitriles is 1. The van der Waals surface area contributed by atoms with E-state index in [-0.39, 0.29) is 0 Å². The second kappa shape index (κ2) is 12.0. The van der Waals surface area contributed by atoms with Crippen molar-refractivity contribution in [2.75, 3.05) is 0 Å². The smallest absolute Gasteiger partial charge is 0.196 e. The molecule has 0 aliphatic rings. The van der Waals surface area contributed by atoms with Crippen molar-refractivity contribution in [3.63, 3.8) is 0 Å². The Morgan fingerprint density at radius 3 is 1.52 bits per heavy atom. The van der Waals surface area contributed by atoms with Crippen LogP contribution in [-0.2, 0) is 0 Å². The molecule has 0 radical (unpaired) electrons. The Labute approximate surface area is 281 Å². The molecular weight excluding hydrogens is 599 g/mol. The molecule has 0 atom stereocenters. The molecule has 0 N–H and O–H groups in total. The number of hydrogen-bond acceptors (Lipinski definition) is 1. The van der Waals surface area contributed by atoms with Crippen LogP contribution in [-0.4, -0.2) is 12.6 Å². The van der Waals surface area contributed by atoms with Gasteiger partial charge in [-0.3, -0.25) is 0 Å². The lowest BCUT2D eigenvalue weighted by Crippen LogP contribution is -2.74. The van der Waals surface area contributed by atoms with Gasteiger partial charge in [0.1, 0.15) is 0 Å². The van der Waals surface area contributed by atoms with Gasteiger partial charge >= 0.3 is 0 Å². The third kappa shape index (κ3) is 4.55. The predicted molar refractivity (Wildman–Crippen MR) is 201 cm³/mol. The summed E-state index contributed by atoms with van der Waals surface area (Å²) >= 11 is 0. The van der Waals surface area contributed by atoms with Crippen molar-refractivity contribution in [1.82, 2.24) is 4.57 Å². The standard InChI is InChI=1S/C44H29N3Si/c1-46-40-24-15-27-43(47-41-25-13-11-22-38(41)39-23-12-14-26-42(39)47)44(40)33-28-32(31-45)29-37(30-33)48(34-16-5-2-6-17-34,35-18-7-3-8-19-35)36-20-9-4-10-21-36/h2-30H. The molecule has 1 heterocycles. The first kappa shape index (κ1) is 29.0. The van der Waals surface area contributed by atoms with Crippen molar-refractivity contribution in [2.45, 2.75) is 0 Å². The van der Waals surface area contributed by atoms with E-state index >= 15 is 0 Å². The Hall–Kier alpha value is -6.46. The van der Waals surface area contributed by atoms with E-state index in [2.05, 4.69) is 173 Å². The molecule has 0 saturated heterocycles. The Bertz CT molecular complexity index is 2370. The Kier molecular flexibility index (Phi) is 7.27. The van der Waals surface area contributed by atoms with Crippen LogP contribution in [0.5, 0.6) is 0 Å². The molecule has 7 aromatic carbocycles. The van der Waals surface area contributed by atoms with Crippen LogP contribution in [0.4, 0.5) is 5.69 Å². The second-order valence-electron chi connectivity index (χ2n) is 11.9. The van der Waals surface area contributed by atoms with Gasteiger partial charge in [-0.1, -0.05) is 146 Å². The number of aromatic nitrogens is 1. The summed E-state index contributed by atoms with van der Waals surface area (Å²) in [7, 11) is -2.95. The molecule has 0 spiro atoms. The number of hydrogen-bond donors (Lipinski definition) is 0. The SMILES string of the molecule is [C-]#[N+]c1cccc(-n2c3ccccc3c3ccccc32)c1-c1cc(C#N)cc([Si](c2ccccc2)(c2ccccc2)c2ccccc2)c1. The number of benzene rings is 7. The number of para-hydroxylation sites is 2. The van der Waals surface area contributed by atoms with E-state index in [1.54, 1.807) is 0 Å². The fourth-order valence-electron chi connectivity index (χ4n) is 7.40. The van der Waals surface area contributed by atoms with Gasteiger partial charge in [-0.2, -0.15) is 5.26 Å². The predicted octanol–water partition coefficient (Wildman–Crippen LogP) is 8.25. The topological polar surface area (TPSA) is 33.1 Å². The Balaban J connectivity index is 1.50. The van der Waals surface area contributed by atoms with E-state index in [1.165, 1.54) is 15.6 Å². The van der Waals surface area contributed by atoms with E-state index in [0.717, 1.165) is 43.8 Å². The highest BCUT2D eigenvalue weighted by Gasteiger charge is 2.42. The van der Waals surface area contributed by atoms with Crippen LogP contribution >= 0.6 is 0 Å². The maximum Gasteiger partial charge on any atom is 0.196 e. The first-order valence-electron chi connectivity index (χ1n) is 16.0. The van der Waals surface area contributed by atoms with Gasteiger partial charge in [-0.25, -0.2) is 4.85 Å². The quantitative estimate of drug-likeness (QED) is 0.104. The summed E-state index contributed by atoms with van der Waals surface area (Å²) in [5, 5.41) is 17.7. The highest BCUT2D eigenvalue weighted by molar-refractivity contribution is 7.19. The van der Waals surface area contributed by atoms with Crippen molar-refractivity contribution >= 4 is 56.3 Å². The summed E-state index contributed by atoms with van der Waals surface area (Å²) in [4.78, 5) is 4.06. The molecule has 0 unspecified atom stereocenters. The number of rotatable bonds is 6. The highest BCUT2D eigenvalue weighted by Crippen LogP contribution is 2.40. The van der Waals surface area contributed by atoms with E-state index < -0.39 is 8.07 Å². The summed E-state index contributed by atoms with van der Waals surface area (Å²) in [6.07, 6.45) is 0. The number of nitrogens with zero attached hydrogens (tertiary/aromatic N) is 3. The Morgan fingerprint density at radius 2 is 1.02 bits per heavy atom. The van der Waals surface area contributed by atoms with Crippen molar-refractivity contribution in [2.24, 2.45) is 0 Å². The van der Waals surface area contributed by atoms with Gasteiger partial charge in [0.05, 0.1) is 29.2 Å². The van der Waals surface area contributed by atoms with Crippen molar-refractivity contribution in [3.05, 3.63) is 193 Å². The summed E-state index contributed by atoms with van der Waals surface area (Å²) < 4.78 is 2.27. The lowest BCUT2D eigenvalue weighted by molar-refractivity contribution is 1.18. The lowest BCUT2D eigenvalue weighted by atomic mass is 9.99. The fraction of sp³-hybridized carbons (Fsp3) is 0. The molecule has 8 rings (SSSR count). The molecule has 0 bridgehead atoms. The first-order valence-corrected chi connectivity index (χ1v) is 18.0. The van der Waals surface area contributed by atoms with Gasteiger partial charge in [-0.15, -0.1) is 0 Å². The summed E-state index contributed by atoms with van der Waals surface area (Å²) in [6.45, 7) is 8.32. The minimum atomic E-state index is -2.95. The van der Waals surface area contributed by atoms with Crippen LogP contribution in [0.2, 0.25) is 0 Å². The minimum Gasteiger partial charge on any atom is -0.310 e. The summed E-state index contributed by atoms with van der Waals surface area (Å²) in [5.74, 6) is 0. The average Bonchev–Trinajstić information content (AvgIpc) is 3.50. The maximum atomic E-state index is 10.6. The van der Waals surface area contributed by atoms with Crippen LogP contribution in [0.15, 0.2) is 176 Å². The Morgan fingerprint density at radius 1 is 0.521 bits per heavy atom. The lowest BCUT2D eigenvalue weighted by Gasteiger charge is -2.35. The van der Waals surface area contributed by atoms with Crippen molar-refractivity contribution < 1.29 is 0 Å². The van der Waals surface area contributed by atoms with E-state index in [9.17, 15) is 5.26 Å². The van der Waals surface area contributed by atoms with Gasteiger partial charge in [-0.05, 0) is 56.6 Å². The molecule has 3 nitrogen and oxygen atoms in total. The van der Waals surface area contributed by atoms with Crippen LogP contribution in [0.25, 0.3) is 43.5 Å². The first-order chi connectivity index (χ1) is 23.7. The van der Waals surface area contributed by atoms with Gasteiger partial charge in [0, 0.05) is 22.0 Å². The van der Waals surface area contributed by atoms with Gasteiger partial charge < -0.3 is 4.57 Å². The molecule has 0 aliphatic heterocycles. The van der Waals surface area contributed by atoms with Gasteiger partial charge in [0.2, 0.25) is 0 Å². The minimum absolute atomic E-state index is 0.543. The second-order valence-corrected chi connectivity index (χ2v) is 15.7. The summed E-state index contributed by atoms with van der Waals surface area (Å²) in [6, 6.07) is 63.7. The molecule has 0 aliphatic carbocycles. The maximum absolute atomic E-state index is 10.6. The van der Waals surface area contributed by atoms with Gasteiger partial charge in [0.25, 0.3) is 0 Å². The van der Waals surface area contributed by atoms with E-state index in [4.69, 9.17) is 6.57 Å². The molecule has 4 heteroatoms. The van der Waals surface area contributed by atoms with Gasteiger partial charge in [0.15, 0.2) is 13.8 Å². The zero-order chi connectivity index (χ0) is 32.5. The van der Waals surface area contributed by atoms with Crippen molar-refractivity contribution in [1.29, 1.82) is 5.26 Å². The fourth-order valence-corrected chi connectivity index (χ4v) is 12.2. The molecule has 0 saturated carbocycles. The number of fused-ring (bicyclic) bond motifs is 3. The van der Waals surface area contributed by atoms with E-state index in [1.807, 2.05) is 18.2 Å². The average molecular weight is 628 g/mol. The van der Waals surface area contributed by atoms with Crippen LogP contribution in [0.1, 0.15) is 5.56 Å². The van der Waals surface area contributed by atoms with Crippen LogP contribution in [0, 0.1) is 17.9 Å². The third-order valence-corrected chi connectivity index (χ3v) is 14.1.